The number of benzene rings is 2. The summed E-state index contributed by atoms with van der Waals surface area (Å²) in [7, 11) is 1.56. The van der Waals surface area contributed by atoms with Gasteiger partial charge in [-0.15, -0.1) is 0 Å². The number of hydrogen-bond acceptors (Lipinski definition) is 3. The van der Waals surface area contributed by atoms with Gasteiger partial charge in [0.05, 0.1) is 7.11 Å². The second kappa shape index (κ2) is 6.40. The fourth-order valence-corrected chi connectivity index (χ4v) is 2.03. The lowest BCUT2D eigenvalue weighted by Crippen LogP contribution is -2.03. The molecule has 2 aromatic carbocycles. The number of carboxylic acid groups (broad SMARTS) is 1. The van der Waals surface area contributed by atoms with Crippen LogP contribution in [0.1, 0.15) is 11.1 Å². The van der Waals surface area contributed by atoms with Gasteiger partial charge in [0.25, 0.3) is 0 Å². The molecule has 0 spiro atoms. The summed E-state index contributed by atoms with van der Waals surface area (Å²) in [5, 5.41) is 18.4. The minimum Gasteiger partial charge on any atom is -0.497 e. The van der Waals surface area contributed by atoms with Crippen LogP contribution in [0.3, 0.4) is 0 Å². The molecule has 0 aliphatic carbocycles. The first-order valence-corrected chi connectivity index (χ1v) is 6.25. The lowest BCUT2D eigenvalue weighted by atomic mass is 9.93. The third-order valence-corrected chi connectivity index (χ3v) is 3.02. The lowest BCUT2D eigenvalue weighted by molar-refractivity contribution is -0.132. The Balaban J connectivity index is 2.67. The Kier molecular flexibility index (Phi) is 4.37. The zero-order chi connectivity index (χ0) is 15.2. The maximum absolute atomic E-state index is 11.3. The van der Waals surface area contributed by atoms with Gasteiger partial charge in [0, 0.05) is 5.57 Å². The highest BCUT2D eigenvalue weighted by Gasteiger charge is 2.17. The Morgan fingerprint density at radius 3 is 2.10 bits per heavy atom. The van der Waals surface area contributed by atoms with Gasteiger partial charge in [0.2, 0.25) is 0 Å². The second-order valence-electron chi connectivity index (χ2n) is 4.26. The van der Waals surface area contributed by atoms with E-state index in [1.807, 2.05) is 6.07 Å². The van der Waals surface area contributed by atoms with E-state index in [0.717, 1.165) is 0 Å². The minimum atomic E-state index is -1.24. The zero-order valence-corrected chi connectivity index (χ0v) is 11.4. The molecule has 0 fully saturated rings. The first-order chi connectivity index (χ1) is 10.2. The van der Waals surface area contributed by atoms with Crippen molar-refractivity contribution in [2.24, 2.45) is 0 Å². The van der Waals surface area contributed by atoms with E-state index in [1.54, 1.807) is 61.7 Å². The quantitative estimate of drug-likeness (QED) is 0.689. The standard InChI is InChI=1S/C17H13NO3/c1-21-14-9-7-13(8-10-14)16(15(11-18)17(19)20)12-5-3-2-4-6-12/h2-10H,1H3,(H,19,20). The van der Waals surface area contributed by atoms with Crippen molar-refractivity contribution in [1.82, 2.24) is 0 Å². The smallest absolute Gasteiger partial charge is 0.347 e. The van der Waals surface area contributed by atoms with Gasteiger partial charge >= 0.3 is 5.97 Å². The van der Waals surface area contributed by atoms with Crippen LogP contribution >= 0.6 is 0 Å². The fourth-order valence-electron chi connectivity index (χ4n) is 2.03. The highest BCUT2D eigenvalue weighted by Crippen LogP contribution is 2.28. The van der Waals surface area contributed by atoms with Crippen molar-refractivity contribution in [2.45, 2.75) is 0 Å². The van der Waals surface area contributed by atoms with E-state index in [0.29, 0.717) is 22.4 Å². The number of aliphatic carboxylic acids is 1. The molecule has 0 aliphatic rings. The maximum atomic E-state index is 11.3. The predicted molar refractivity (Wildman–Crippen MR) is 78.7 cm³/mol. The average molecular weight is 279 g/mol. The molecule has 4 nitrogen and oxygen atoms in total. The highest BCUT2D eigenvalue weighted by molar-refractivity contribution is 6.04. The second-order valence-corrected chi connectivity index (χ2v) is 4.26. The number of hydrogen-bond donors (Lipinski definition) is 1. The topological polar surface area (TPSA) is 70.3 Å². The molecular formula is C17H13NO3. The number of methoxy groups -OCH3 is 1. The summed E-state index contributed by atoms with van der Waals surface area (Å²) >= 11 is 0. The molecule has 4 heteroatoms. The largest absolute Gasteiger partial charge is 0.497 e. The summed E-state index contributed by atoms with van der Waals surface area (Å²) in [6.07, 6.45) is 0. The van der Waals surface area contributed by atoms with Crippen LogP contribution in [0.5, 0.6) is 5.75 Å². The number of rotatable bonds is 4. The van der Waals surface area contributed by atoms with Gasteiger partial charge in [0.15, 0.2) is 0 Å². The van der Waals surface area contributed by atoms with E-state index < -0.39 is 5.97 Å². The summed E-state index contributed by atoms with van der Waals surface area (Å²) in [4.78, 5) is 11.3. The van der Waals surface area contributed by atoms with Crippen LogP contribution < -0.4 is 4.74 Å². The number of carbonyl (C=O) groups is 1. The molecule has 2 rings (SSSR count). The SMILES string of the molecule is COc1ccc(C(=C(C#N)C(=O)O)c2ccccc2)cc1. The van der Waals surface area contributed by atoms with E-state index in [9.17, 15) is 15.2 Å². The molecule has 0 bridgehead atoms. The molecule has 0 amide bonds. The Morgan fingerprint density at radius 1 is 1.05 bits per heavy atom. The molecular weight excluding hydrogens is 266 g/mol. The minimum absolute atomic E-state index is 0.286. The molecule has 0 heterocycles. The van der Waals surface area contributed by atoms with E-state index in [1.165, 1.54) is 0 Å². The first kappa shape index (κ1) is 14.4. The van der Waals surface area contributed by atoms with Gasteiger partial charge < -0.3 is 9.84 Å². The van der Waals surface area contributed by atoms with Crippen molar-refractivity contribution >= 4 is 11.5 Å². The molecule has 21 heavy (non-hydrogen) atoms. The van der Waals surface area contributed by atoms with Crippen molar-refractivity contribution in [2.75, 3.05) is 7.11 Å². The molecule has 104 valence electrons. The lowest BCUT2D eigenvalue weighted by Gasteiger charge is -2.10. The number of nitrogens with zero attached hydrogens (tertiary/aromatic N) is 1. The Bertz CT molecular complexity index is 710. The summed E-state index contributed by atoms with van der Waals surface area (Å²) in [6.45, 7) is 0. The van der Waals surface area contributed by atoms with E-state index in [-0.39, 0.29) is 5.57 Å². The number of carboxylic acids is 1. The first-order valence-electron chi connectivity index (χ1n) is 6.25. The van der Waals surface area contributed by atoms with E-state index in [2.05, 4.69) is 0 Å². The van der Waals surface area contributed by atoms with Gasteiger partial charge in [-0.2, -0.15) is 5.26 Å². The monoisotopic (exact) mass is 279 g/mol. The van der Waals surface area contributed by atoms with Crippen molar-refractivity contribution in [3.8, 4) is 11.8 Å². The van der Waals surface area contributed by atoms with Crippen LogP contribution in [-0.4, -0.2) is 18.2 Å². The van der Waals surface area contributed by atoms with Crippen molar-refractivity contribution in [1.29, 1.82) is 5.26 Å². The van der Waals surface area contributed by atoms with Gasteiger partial charge in [-0.25, -0.2) is 4.79 Å². The zero-order valence-electron chi connectivity index (χ0n) is 11.4. The number of nitriles is 1. The van der Waals surface area contributed by atoms with Gasteiger partial charge in [-0.1, -0.05) is 42.5 Å². The highest BCUT2D eigenvalue weighted by atomic mass is 16.5. The van der Waals surface area contributed by atoms with Gasteiger partial charge in [-0.05, 0) is 23.3 Å². The molecule has 2 aromatic rings. The summed E-state index contributed by atoms with van der Waals surface area (Å²) in [5.41, 5.74) is 1.45. The van der Waals surface area contributed by atoms with Crippen molar-refractivity contribution < 1.29 is 14.6 Å². The third-order valence-electron chi connectivity index (χ3n) is 3.02. The number of ether oxygens (including phenoxy) is 1. The summed E-state index contributed by atoms with van der Waals surface area (Å²) < 4.78 is 5.09. The molecule has 0 aliphatic heterocycles. The van der Waals surface area contributed by atoms with Crippen LogP contribution in [0.15, 0.2) is 60.2 Å². The van der Waals surface area contributed by atoms with Crippen molar-refractivity contribution in [3.63, 3.8) is 0 Å². The molecule has 0 aromatic heterocycles. The van der Waals surface area contributed by atoms with E-state index >= 15 is 0 Å². The molecule has 0 saturated heterocycles. The van der Waals surface area contributed by atoms with Crippen LogP contribution in [0.4, 0.5) is 0 Å². The molecule has 0 saturated carbocycles. The summed E-state index contributed by atoms with van der Waals surface area (Å²) in [5.74, 6) is -0.577. The Labute approximate surface area is 122 Å². The van der Waals surface area contributed by atoms with Crippen molar-refractivity contribution in [3.05, 3.63) is 71.3 Å². The molecule has 0 unspecified atom stereocenters. The normalized spacial score (nSPS) is 11.2. The molecule has 0 radical (unpaired) electrons. The van der Waals surface area contributed by atoms with E-state index in [4.69, 9.17) is 4.74 Å². The summed E-state index contributed by atoms with van der Waals surface area (Å²) in [6, 6.07) is 17.7. The maximum Gasteiger partial charge on any atom is 0.347 e. The van der Waals surface area contributed by atoms with Crippen LogP contribution in [-0.2, 0) is 4.79 Å². The Morgan fingerprint density at radius 2 is 1.62 bits per heavy atom. The van der Waals surface area contributed by atoms with Crippen LogP contribution in [0.2, 0.25) is 0 Å². The third kappa shape index (κ3) is 3.10. The predicted octanol–water partition coefficient (Wildman–Crippen LogP) is 3.11. The van der Waals surface area contributed by atoms with Gasteiger partial charge in [-0.3, -0.25) is 0 Å². The Hall–Kier alpha value is -3.06. The van der Waals surface area contributed by atoms with Crippen LogP contribution in [0.25, 0.3) is 5.57 Å². The molecule has 1 N–H and O–H groups in total. The van der Waals surface area contributed by atoms with Gasteiger partial charge in [0.1, 0.15) is 17.4 Å². The average Bonchev–Trinajstić information content (AvgIpc) is 2.53. The molecule has 0 atom stereocenters. The van der Waals surface area contributed by atoms with Crippen LogP contribution in [0, 0.1) is 11.3 Å². The fraction of sp³-hybridized carbons (Fsp3) is 0.0588.